The maximum atomic E-state index is 13.6. The van der Waals surface area contributed by atoms with E-state index in [1.807, 2.05) is 44.2 Å². The molecule has 0 aromatic heterocycles. The molecule has 3 aromatic carbocycles. The average Bonchev–Trinajstić information content (AvgIpc) is 2.83. The lowest BCUT2D eigenvalue weighted by molar-refractivity contribution is -0.120. The number of sulfonamides is 1. The Hall–Kier alpha value is -3.32. The quantitative estimate of drug-likeness (QED) is 0.382. The van der Waals surface area contributed by atoms with Gasteiger partial charge in [0.15, 0.2) is 0 Å². The van der Waals surface area contributed by atoms with Crippen LogP contribution in [0.25, 0.3) is 0 Å². The molecule has 0 heterocycles. The first-order valence-corrected chi connectivity index (χ1v) is 13.3. The van der Waals surface area contributed by atoms with Gasteiger partial charge in [-0.15, -0.1) is 0 Å². The molecular formula is C28H34N2O4S. The molecule has 0 fully saturated rings. The molecule has 0 saturated carbocycles. The first-order valence-electron chi connectivity index (χ1n) is 11.9. The van der Waals surface area contributed by atoms with Gasteiger partial charge < -0.3 is 10.1 Å². The Morgan fingerprint density at radius 2 is 1.57 bits per heavy atom. The first kappa shape index (κ1) is 26.3. The van der Waals surface area contributed by atoms with Crippen LogP contribution in [0.15, 0.2) is 83.8 Å². The number of benzene rings is 3. The summed E-state index contributed by atoms with van der Waals surface area (Å²) < 4.78 is 33.9. The Bertz CT molecular complexity index is 1190. The fourth-order valence-electron chi connectivity index (χ4n) is 3.83. The molecule has 0 spiro atoms. The van der Waals surface area contributed by atoms with Crippen LogP contribution in [0.2, 0.25) is 0 Å². The van der Waals surface area contributed by atoms with Crippen LogP contribution in [0.4, 0.5) is 5.69 Å². The van der Waals surface area contributed by atoms with Crippen LogP contribution in [0.1, 0.15) is 44.4 Å². The second kappa shape index (κ2) is 11.9. The fourth-order valence-corrected chi connectivity index (χ4v) is 5.25. The average molecular weight is 495 g/mol. The van der Waals surface area contributed by atoms with Gasteiger partial charge in [-0.25, -0.2) is 8.42 Å². The van der Waals surface area contributed by atoms with E-state index in [2.05, 4.69) is 19.2 Å². The van der Waals surface area contributed by atoms with E-state index in [0.717, 1.165) is 21.9 Å². The van der Waals surface area contributed by atoms with Crippen LogP contribution in [0.3, 0.4) is 0 Å². The zero-order valence-corrected chi connectivity index (χ0v) is 21.6. The number of nitrogens with zero attached hydrogens (tertiary/aromatic N) is 1. The first-order chi connectivity index (χ1) is 16.7. The Morgan fingerprint density at radius 3 is 2.14 bits per heavy atom. The molecule has 3 aromatic rings. The number of carbonyl (C=O) groups is 1. The molecule has 0 aliphatic carbocycles. The number of aryl methyl sites for hydroxylation is 1. The maximum Gasteiger partial charge on any atom is 0.264 e. The van der Waals surface area contributed by atoms with Gasteiger partial charge in [0, 0.05) is 0 Å². The summed E-state index contributed by atoms with van der Waals surface area (Å²) >= 11 is 0. The summed E-state index contributed by atoms with van der Waals surface area (Å²) in [5, 5.41) is 3.06. The Labute approximate surface area is 209 Å². The lowest BCUT2D eigenvalue weighted by atomic mass is 9.97. The largest absolute Gasteiger partial charge is 0.494 e. The van der Waals surface area contributed by atoms with Crippen molar-refractivity contribution in [1.82, 2.24) is 5.32 Å². The van der Waals surface area contributed by atoms with Gasteiger partial charge in [-0.05, 0) is 68.1 Å². The third-order valence-corrected chi connectivity index (χ3v) is 7.36. The molecule has 6 nitrogen and oxygen atoms in total. The summed E-state index contributed by atoms with van der Waals surface area (Å²) in [6, 6.07) is 22.9. The van der Waals surface area contributed by atoms with Crippen LogP contribution in [0.5, 0.6) is 5.75 Å². The second-order valence-electron chi connectivity index (χ2n) is 8.91. The molecule has 1 N–H and O–H groups in total. The highest BCUT2D eigenvalue weighted by Crippen LogP contribution is 2.27. The molecule has 0 aliphatic heterocycles. The number of rotatable bonds is 11. The summed E-state index contributed by atoms with van der Waals surface area (Å²) in [6.45, 7) is 8.13. The van der Waals surface area contributed by atoms with E-state index in [0.29, 0.717) is 24.0 Å². The van der Waals surface area contributed by atoms with Crippen molar-refractivity contribution in [2.24, 2.45) is 5.92 Å². The SMILES string of the molecule is CCOc1ccc(N(CC(=O)N[C@H](CC(C)C)c2ccccc2)S(=O)(=O)c2ccc(C)cc2)cc1. The number of carbonyl (C=O) groups excluding carboxylic acids is 1. The van der Waals surface area contributed by atoms with E-state index in [-0.39, 0.29) is 23.4 Å². The zero-order valence-electron chi connectivity index (χ0n) is 20.8. The normalized spacial score (nSPS) is 12.3. The summed E-state index contributed by atoms with van der Waals surface area (Å²) in [5.41, 5.74) is 2.33. The van der Waals surface area contributed by atoms with Crippen LogP contribution in [0, 0.1) is 12.8 Å². The number of ether oxygens (including phenoxy) is 1. The van der Waals surface area contributed by atoms with Crippen molar-refractivity contribution >= 4 is 21.6 Å². The third kappa shape index (κ3) is 7.09. The van der Waals surface area contributed by atoms with Gasteiger partial charge in [0.25, 0.3) is 10.0 Å². The van der Waals surface area contributed by atoms with E-state index < -0.39 is 10.0 Å². The fraction of sp³-hybridized carbons (Fsp3) is 0.321. The summed E-state index contributed by atoms with van der Waals surface area (Å²) in [7, 11) is -3.98. The van der Waals surface area contributed by atoms with Crippen LogP contribution < -0.4 is 14.4 Å². The Kier molecular flexibility index (Phi) is 8.93. The molecule has 3 rings (SSSR count). The number of anilines is 1. The van der Waals surface area contributed by atoms with Gasteiger partial charge in [-0.1, -0.05) is 61.9 Å². The van der Waals surface area contributed by atoms with E-state index in [1.54, 1.807) is 48.5 Å². The minimum atomic E-state index is -3.98. The van der Waals surface area contributed by atoms with Gasteiger partial charge in [-0.3, -0.25) is 9.10 Å². The van der Waals surface area contributed by atoms with Crippen LogP contribution in [-0.2, 0) is 14.8 Å². The molecule has 35 heavy (non-hydrogen) atoms. The predicted molar refractivity (Wildman–Crippen MR) is 140 cm³/mol. The summed E-state index contributed by atoms with van der Waals surface area (Å²) in [5.74, 6) is 0.609. The molecule has 7 heteroatoms. The molecular weight excluding hydrogens is 460 g/mol. The molecule has 0 bridgehead atoms. The molecule has 0 saturated heterocycles. The van der Waals surface area contributed by atoms with Crippen molar-refractivity contribution in [3.8, 4) is 5.75 Å². The van der Waals surface area contributed by atoms with Gasteiger partial charge in [-0.2, -0.15) is 0 Å². The highest BCUT2D eigenvalue weighted by Gasteiger charge is 2.28. The van der Waals surface area contributed by atoms with Gasteiger partial charge >= 0.3 is 0 Å². The minimum absolute atomic E-state index is 0.131. The number of nitrogens with one attached hydrogen (secondary N) is 1. The second-order valence-corrected chi connectivity index (χ2v) is 10.8. The molecule has 0 aliphatic rings. The standard InChI is InChI=1S/C28H34N2O4S/c1-5-34-25-15-13-24(14-16-25)30(35(32,33)26-17-11-22(4)12-18-26)20-28(31)29-27(19-21(2)3)23-9-7-6-8-10-23/h6-18,21,27H,5,19-20H2,1-4H3,(H,29,31)/t27-/m1/s1. The van der Waals surface area contributed by atoms with E-state index in [9.17, 15) is 13.2 Å². The lowest BCUT2D eigenvalue weighted by Gasteiger charge is -2.27. The van der Waals surface area contributed by atoms with Crippen molar-refractivity contribution in [3.63, 3.8) is 0 Å². The highest BCUT2D eigenvalue weighted by atomic mass is 32.2. The maximum absolute atomic E-state index is 13.6. The van der Waals surface area contributed by atoms with Crippen LogP contribution >= 0.6 is 0 Å². The number of amides is 1. The van der Waals surface area contributed by atoms with E-state index in [1.165, 1.54) is 0 Å². The van der Waals surface area contributed by atoms with E-state index in [4.69, 9.17) is 4.74 Å². The van der Waals surface area contributed by atoms with Gasteiger partial charge in [0.05, 0.1) is 23.2 Å². The smallest absolute Gasteiger partial charge is 0.264 e. The Balaban J connectivity index is 1.92. The minimum Gasteiger partial charge on any atom is -0.494 e. The molecule has 186 valence electrons. The predicted octanol–water partition coefficient (Wildman–Crippen LogP) is 5.49. The molecule has 0 radical (unpaired) electrons. The van der Waals surface area contributed by atoms with Crippen molar-refractivity contribution < 1.29 is 17.9 Å². The van der Waals surface area contributed by atoms with Crippen molar-refractivity contribution in [2.75, 3.05) is 17.5 Å². The van der Waals surface area contributed by atoms with Crippen molar-refractivity contribution in [2.45, 2.75) is 45.1 Å². The topological polar surface area (TPSA) is 75.7 Å². The summed E-state index contributed by atoms with van der Waals surface area (Å²) in [4.78, 5) is 13.4. The van der Waals surface area contributed by atoms with Gasteiger partial charge in [0.2, 0.25) is 5.91 Å². The van der Waals surface area contributed by atoms with Crippen molar-refractivity contribution in [1.29, 1.82) is 0 Å². The van der Waals surface area contributed by atoms with Gasteiger partial charge in [0.1, 0.15) is 12.3 Å². The molecule has 1 atom stereocenters. The zero-order chi connectivity index (χ0) is 25.4. The monoisotopic (exact) mass is 494 g/mol. The van der Waals surface area contributed by atoms with E-state index >= 15 is 0 Å². The number of hydrogen-bond acceptors (Lipinski definition) is 4. The highest BCUT2D eigenvalue weighted by molar-refractivity contribution is 7.92. The van der Waals surface area contributed by atoms with Crippen LogP contribution in [-0.4, -0.2) is 27.5 Å². The number of hydrogen-bond donors (Lipinski definition) is 1. The molecule has 1 amide bonds. The third-order valence-electron chi connectivity index (χ3n) is 5.58. The molecule has 0 unspecified atom stereocenters. The lowest BCUT2D eigenvalue weighted by Crippen LogP contribution is -2.42. The van der Waals surface area contributed by atoms with Crippen molar-refractivity contribution in [3.05, 3.63) is 90.0 Å². The Morgan fingerprint density at radius 1 is 0.943 bits per heavy atom. The summed E-state index contributed by atoms with van der Waals surface area (Å²) in [6.07, 6.45) is 0.740.